The molecule has 1 unspecified atom stereocenters. The van der Waals surface area contributed by atoms with Crippen molar-refractivity contribution in [2.75, 3.05) is 6.61 Å². The number of ether oxygens (including phenoxy) is 1. The van der Waals surface area contributed by atoms with E-state index in [-0.39, 0.29) is 0 Å². The predicted molar refractivity (Wildman–Crippen MR) is 69.4 cm³/mol. The van der Waals surface area contributed by atoms with Gasteiger partial charge in [-0.05, 0) is 30.0 Å². The number of fused-ring (bicyclic) bond motifs is 1. The van der Waals surface area contributed by atoms with E-state index in [4.69, 9.17) is 4.74 Å². The number of hydrogen-bond donors (Lipinski definition) is 0. The molecule has 1 aliphatic rings. The first-order valence-electron chi connectivity index (χ1n) is 6.19. The molecule has 0 bridgehead atoms. The van der Waals surface area contributed by atoms with E-state index < -0.39 is 0 Å². The Hall–Kier alpha value is -1.76. The van der Waals surface area contributed by atoms with Crippen LogP contribution in [0.5, 0.6) is 5.75 Å². The summed E-state index contributed by atoms with van der Waals surface area (Å²) in [6.45, 7) is 0.793. The summed E-state index contributed by atoms with van der Waals surface area (Å²) < 4.78 is 5.92. The lowest BCUT2D eigenvalue weighted by Gasteiger charge is -2.14. The van der Waals surface area contributed by atoms with E-state index in [0.717, 1.165) is 18.8 Å². The molecule has 86 valence electrons. The molecule has 0 radical (unpaired) electrons. The Bertz CT molecular complexity index is 463. The highest BCUT2D eigenvalue weighted by atomic mass is 16.5. The van der Waals surface area contributed by atoms with Gasteiger partial charge in [0.15, 0.2) is 0 Å². The van der Waals surface area contributed by atoms with Crippen molar-refractivity contribution in [3.05, 3.63) is 65.7 Å². The molecule has 17 heavy (non-hydrogen) atoms. The smallest absolute Gasteiger partial charge is 0.122 e. The first-order valence-corrected chi connectivity index (χ1v) is 6.19. The Morgan fingerprint density at radius 2 is 1.65 bits per heavy atom. The Labute approximate surface area is 102 Å². The van der Waals surface area contributed by atoms with Gasteiger partial charge in [0.25, 0.3) is 0 Å². The van der Waals surface area contributed by atoms with Crippen molar-refractivity contribution >= 4 is 0 Å². The number of rotatable bonds is 1. The average Bonchev–Trinajstić information content (AvgIpc) is 2.62. The molecule has 1 aliphatic heterocycles. The van der Waals surface area contributed by atoms with Gasteiger partial charge in [-0.1, -0.05) is 48.5 Å². The summed E-state index contributed by atoms with van der Waals surface area (Å²) in [6, 6.07) is 19.0. The lowest BCUT2D eigenvalue weighted by atomic mass is 9.94. The summed E-state index contributed by atoms with van der Waals surface area (Å²) >= 11 is 0. The molecule has 0 amide bonds. The molecule has 0 saturated heterocycles. The number of hydrogen-bond acceptors (Lipinski definition) is 1. The Morgan fingerprint density at radius 3 is 2.53 bits per heavy atom. The van der Waals surface area contributed by atoms with Gasteiger partial charge in [0.2, 0.25) is 0 Å². The minimum atomic E-state index is 0.517. The fourth-order valence-electron chi connectivity index (χ4n) is 2.44. The maximum atomic E-state index is 5.92. The standard InChI is InChI=1S/C16H16O/c1-2-6-13(7-3-1)15-11-10-14-8-4-5-9-16(14)17-12-15/h1-9,15H,10-12H2. The van der Waals surface area contributed by atoms with Crippen molar-refractivity contribution in [1.82, 2.24) is 0 Å². The molecule has 0 N–H and O–H groups in total. The van der Waals surface area contributed by atoms with Gasteiger partial charge >= 0.3 is 0 Å². The predicted octanol–water partition coefficient (Wildman–Crippen LogP) is 3.80. The molecule has 1 heterocycles. The molecule has 1 nitrogen and oxygen atoms in total. The van der Waals surface area contributed by atoms with Crippen molar-refractivity contribution in [1.29, 1.82) is 0 Å². The quantitative estimate of drug-likeness (QED) is 0.716. The fourth-order valence-corrected chi connectivity index (χ4v) is 2.44. The second kappa shape index (κ2) is 4.62. The second-order valence-electron chi connectivity index (χ2n) is 4.57. The van der Waals surface area contributed by atoms with Crippen molar-refractivity contribution in [3.63, 3.8) is 0 Å². The number of benzene rings is 2. The van der Waals surface area contributed by atoms with E-state index in [2.05, 4.69) is 48.5 Å². The van der Waals surface area contributed by atoms with Crippen LogP contribution in [0.2, 0.25) is 0 Å². The molecule has 3 rings (SSSR count). The van der Waals surface area contributed by atoms with Crippen LogP contribution in [-0.4, -0.2) is 6.61 Å². The van der Waals surface area contributed by atoms with Crippen LogP contribution in [-0.2, 0) is 6.42 Å². The number of aryl methyl sites for hydroxylation is 1. The van der Waals surface area contributed by atoms with Gasteiger partial charge < -0.3 is 4.74 Å². The van der Waals surface area contributed by atoms with Crippen molar-refractivity contribution in [2.45, 2.75) is 18.8 Å². The molecular formula is C16H16O. The van der Waals surface area contributed by atoms with Crippen LogP contribution in [0.4, 0.5) is 0 Å². The molecule has 0 fully saturated rings. The summed E-state index contributed by atoms with van der Waals surface area (Å²) in [5.41, 5.74) is 2.73. The van der Waals surface area contributed by atoms with Crippen LogP contribution in [0, 0.1) is 0 Å². The Kier molecular flexibility index (Phi) is 2.83. The molecule has 0 aromatic heterocycles. The van der Waals surface area contributed by atoms with Gasteiger partial charge in [-0.2, -0.15) is 0 Å². The van der Waals surface area contributed by atoms with Crippen LogP contribution < -0.4 is 4.74 Å². The van der Waals surface area contributed by atoms with Crippen LogP contribution in [0.1, 0.15) is 23.5 Å². The maximum Gasteiger partial charge on any atom is 0.122 e. The van der Waals surface area contributed by atoms with Crippen molar-refractivity contribution in [2.24, 2.45) is 0 Å². The van der Waals surface area contributed by atoms with Crippen LogP contribution in [0.25, 0.3) is 0 Å². The largest absolute Gasteiger partial charge is 0.493 e. The highest BCUT2D eigenvalue weighted by molar-refractivity contribution is 5.35. The Balaban J connectivity index is 1.82. The van der Waals surface area contributed by atoms with Gasteiger partial charge in [-0.15, -0.1) is 0 Å². The Morgan fingerprint density at radius 1 is 0.882 bits per heavy atom. The minimum Gasteiger partial charge on any atom is -0.493 e. The lowest BCUT2D eigenvalue weighted by Crippen LogP contribution is -2.08. The monoisotopic (exact) mass is 224 g/mol. The van der Waals surface area contributed by atoms with E-state index in [0.29, 0.717) is 5.92 Å². The first-order chi connectivity index (χ1) is 8.43. The third kappa shape index (κ3) is 2.19. The molecule has 2 aromatic rings. The van der Waals surface area contributed by atoms with Gasteiger partial charge in [0.05, 0.1) is 6.61 Å². The van der Waals surface area contributed by atoms with Crippen LogP contribution >= 0.6 is 0 Å². The van der Waals surface area contributed by atoms with Gasteiger partial charge in [0.1, 0.15) is 5.75 Å². The summed E-state index contributed by atoms with van der Waals surface area (Å²) in [5.74, 6) is 1.58. The lowest BCUT2D eigenvalue weighted by molar-refractivity contribution is 0.293. The van der Waals surface area contributed by atoms with E-state index >= 15 is 0 Å². The summed E-state index contributed by atoms with van der Waals surface area (Å²) in [7, 11) is 0. The van der Waals surface area contributed by atoms with Crippen molar-refractivity contribution < 1.29 is 4.74 Å². The van der Waals surface area contributed by atoms with Crippen molar-refractivity contribution in [3.8, 4) is 5.75 Å². The zero-order chi connectivity index (χ0) is 11.5. The van der Waals surface area contributed by atoms with E-state index in [1.165, 1.54) is 17.5 Å². The number of para-hydroxylation sites is 1. The first kappa shape index (κ1) is 10.4. The summed E-state index contributed by atoms with van der Waals surface area (Å²) in [6.07, 6.45) is 2.27. The molecule has 0 spiro atoms. The molecular weight excluding hydrogens is 208 g/mol. The third-order valence-electron chi connectivity index (χ3n) is 3.45. The topological polar surface area (TPSA) is 9.23 Å². The van der Waals surface area contributed by atoms with Gasteiger partial charge in [-0.25, -0.2) is 0 Å². The van der Waals surface area contributed by atoms with E-state index in [1.54, 1.807) is 0 Å². The van der Waals surface area contributed by atoms with Gasteiger partial charge in [-0.3, -0.25) is 0 Å². The van der Waals surface area contributed by atoms with E-state index in [9.17, 15) is 0 Å². The second-order valence-corrected chi connectivity index (χ2v) is 4.57. The highest BCUT2D eigenvalue weighted by Gasteiger charge is 2.17. The minimum absolute atomic E-state index is 0.517. The highest BCUT2D eigenvalue weighted by Crippen LogP contribution is 2.30. The third-order valence-corrected chi connectivity index (χ3v) is 3.45. The molecule has 0 saturated carbocycles. The van der Waals surface area contributed by atoms with Gasteiger partial charge in [0, 0.05) is 5.92 Å². The van der Waals surface area contributed by atoms with Crippen LogP contribution in [0.15, 0.2) is 54.6 Å². The molecule has 1 heteroatoms. The van der Waals surface area contributed by atoms with Crippen LogP contribution in [0.3, 0.4) is 0 Å². The zero-order valence-corrected chi connectivity index (χ0v) is 9.80. The summed E-state index contributed by atoms with van der Waals surface area (Å²) in [4.78, 5) is 0. The summed E-state index contributed by atoms with van der Waals surface area (Å²) in [5, 5.41) is 0. The zero-order valence-electron chi connectivity index (χ0n) is 9.80. The normalized spacial score (nSPS) is 18.9. The average molecular weight is 224 g/mol. The SMILES string of the molecule is c1ccc(C2CCc3ccccc3OC2)cc1. The molecule has 0 aliphatic carbocycles. The maximum absolute atomic E-state index is 5.92. The molecule has 1 atom stereocenters. The van der Waals surface area contributed by atoms with E-state index in [1.807, 2.05) is 6.07 Å². The molecule has 2 aromatic carbocycles. The fraction of sp³-hybridized carbons (Fsp3) is 0.250.